The molecule has 9 heteroatoms. The van der Waals surface area contributed by atoms with Gasteiger partial charge in [-0.3, -0.25) is 34.9 Å². The minimum atomic E-state index is -1.19. The number of hydrogen-bond donors (Lipinski definition) is 2. The smallest absolute Gasteiger partial charge is 0.330 e. The normalized spacial score (nSPS) is 24.4. The van der Waals surface area contributed by atoms with Gasteiger partial charge >= 0.3 is 5.97 Å². The monoisotopic (exact) mass is 487 g/mol. The van der Waals surface area contributed by atoms with Gasteiger partial charge in [-0.05, 0) is 36.0 Å². The molecule has 0 aromatic heterocycles. The molecule has 9 nitrogen and oxygen atoms in total. The van der Waals surface area contributed by atoms with E-state index < -0.39 is 42.3 Å². The molecule has 1 saturated heterocycles. The lowest BCUT2D eigenvalue weighted by molar-refractivity contribution is -0.160. The third-order valence-corrected chi connectivity index (χ3v) is 7.06. The highest BCUT2D eigenvalue weighted by molar-refractivity contribution is 6.09. The molecule has 2 fully saturated rings. The van der Waals surface area contributed by atoms with Gasteiger partial charge in [0.1, 0.15) is 6.04 Å². The van der Waals surface area contributed by atoms with Crippen LogP contribution in [0.15, 0.2) is 72.8 Å². The highest BCUT2D eigenvalue weighted by atomic mass is 16.5. The van der Waals surface area contributed by atoms with Gasteiger partial charge in [-0.2, -0.15) is 0 Å². The molecule has 2 aromatic carbocycles. The molecule has 5 atom stereocenters. The molecule has 5 rings (SSSR count). The average molecular weight is 488 g/mol. The molecule has 3 aliphatic rings. The Morgan fingerprint density at radius 3 is 2.06 bits per heavy atom. The van der Waals surface area contributed by atoms with Crippen molar-refractivity contribution in [2.24, 2.45) is 23.7 Å². The molecule has 0 unspecified atom stereocenters. The number of benzene rings is 2. The van der Waals surface area contributed by atoms with E-state index in [0.29, 0.717) is 5.56 Å². The van der Waals surface area contributed by atoms with Gasteiger partial charge in [0.05, 0.1) is 11.8 Å². The van der Waals surface area contributed by atoms with E-state index >= 15 is 0 Å². The summed E-state index contributed by atoms with van der Waals surface area (Å²) in [6, 6.07) is 16.1. The Morgan fingerprint density at radius 1 is 0.861 bits per heavy atom. The van der Waals surface area contributed by atoms with Crippen molar-refractivity contribution in [3.05, 3.63) is 83.9 Å². The Bertz CT molecular complexity index is 1200. The molecular weight excluding hydrogens is 462 g/mol. The Labute approximate surface area is 207 Å². The lowest BCUT2D eigenvalue weighted by atomic mass is 9.85. The average Bonchev–Trinajstić information content (AvgIpc) is 3.59. The van der Waals surface area contributed by atoms with Crippen LogP contribution < -0.4 is 10.9 Å². The van der Waals surface area contributed by atoms with E-state index in [1.54, 1.807) is 54.6 Å². The van der Waals surface area contributed by atoms with Crippen molar-refractivity contribution in [2.45, 2.75) is 18.9 Å². The van der Waals surface area contributed by atoms with Gasteiger partial charge < -0.3 is 4.74 Å². The van der Waals surface area contributed by atoms with E-state index in [-0.39, 0.29) is 30.1 Å². The van der Waals surface area contributed by atoms with Gasteiger partial charge in [-0.15, -0.1) is 0 Å². The summed E-state index contributed by atoms with van der Waals surface area (Å²) < 4.78 is 5.21. The van der Waals surface area contributed by atoms with Crippen molar-refractivity contribution in [2.75, 3.05) is 6.61 Å². The van der Waals surface area contributed by atoms with E-state index in [2.05, 4.69) is 10.9 Å². The summed E-state index contributed by atoms with van der Waals surface area (Å²) in [5.41, 5.74) is 5.53. The molecule has 2 aliphatic carbocycles. The molecule has 2 bridgehead atoms. The first kappa shape index (κ1) is 23.5. The predicted octanol–water partition coefficient (Wildman–Crippen LogP) is 1.41. The fourth-order valence-electron chi connectivity index (χ4n) is 5.41. The highest BCUT2D eigenvalue weighted by Crippen LogP contribution is 2.53. The second-order valence-corrected chi connectivity index (χ2v) is 9.23. The Morgan fingerprint density at radius 2 is 1.44 bits per heavy atom. The number of nitrogens with zero attached hydrogens (tertiary/aromatic N) is 1. The number of esters is 1. The maximum absolute atomic E-state index is 13.3. The van der Waals surface area contributed by atoms with E-state index in [0.717, 1.165) is 16.9 Å². The number of ether oxygens (including phenoxy) is 1. The molecule has 36 heavy (non-hydrogen) atoms. The fraction of sp³-hybridized carbons (Fsp3) is 0.296. The van der Waals surface area contributed by atoms with Crippen molar-refractivity contribution in [1.29, 1.82) is 0 Å². The summed E-state index contributed by atoms with van der Waals surface area (Å²) in [7, 11) is 0. The topological polar surface area (TPSA) is 122 Å². The number of likely N-dealkylation sites (tertiary alicyclic amines) is 1. The third kappa shape index (κ3) is 4.39. The van der Waals surface area contributed by atoms with Crippen LogP contribution in [-0.2, 0) is 30.3 Å². The van der Waals surface area contributed by atoms with Gasteiger partial charge in [0.15, 0.2) is 6.61 Å². The Hall–Kier alpha value is -4.27. The number of amides is 4. The quantitative estimate of drug-likeness (QED) is 0.264. The van der Waals surface area contributed by atoms with Crippen molar-refractivity contribution in [3.8, 4) is 0 Å². The van der Waals surface area contributed by atoms with Crippen LogP contribution in [-0.4, -0.2) is 47.1 Å². The maximum Gasteiger partial charge on any atom is 0.330 e. The van der Waals surface area contributed by atoms with E-state index in [1.165, 1.54) is 0 Å². The molecule has 184 valence electrons. The number of allylic oxidation sites excluding steroid dienone is 2. The highest BCUT2D eigenvalue weighted by Gasteiger charge is 2.61. The van der Waals surface area contributed by atoms with Crippen LogP contribution in [0.3, 0.4) is 0 Å². The van der Waals surface area contributed by atoms with E-state index in [4.69, 9.17) is 4.74 Å². The van der Waals surface area contributed by atoms with Gasteiger partial charge in [0.2, 0.25) is 11.8 Å². The van der Waals surface area contributed by atoms with Crippen molar-refractivity contribution >= 4 is 29.6 Å². The number of hydrazine groups is 1. The number of fused-ring (bicyclic) bond motifs is 5. The number of hydrogen-bond acceptors (Lipinski definition) is 6. The zero-order chi connectivity index (χ0) is 25.2. The van der Waals surface area contributed by atoms with Crippen LogP contribution in [0.1, 0.15) is 22.3 Å². The third-order valence-electron chi connectivity index (χ3n) is 7.06. The van der Waals surface area contributed by atoms with Crippen LogP contribution in [0.25, 0.3) is 0 Å². The lowest BCUT2D eigenvalue weighted by Crippen LogP contribution is -2.49. The summed E-state index contributed by atoms with van der Waals surface area (Å²) >= 11 is 0. The molecule has 1 saturated carbocycles. The van der Waals surface area contributed by atoms with Crippen molar-refractivity contribution in [1.82, 2.24) is 15.8 Å². The zero-order valence-electron chi connectivity index (χ0n) is 19.3. The minimum Gasteiger partial charge on any atom is -0.454 e. The van der Waals surface area contributed by atoms with Crippen LogP contribution in [0.2, 0.25) is 0 Å². The van der Waals surface area contributed by atoms with Crippen LogP contribution >= 0.6 is 0 Å². The minimum absolute atomic E-state index is 0.00819. The van der Waals surface area contributed by atoms with E-state index in [9.17, 15) is 24.0 Å². The summed E-state index contributed by atoms with van der Waals surface area (Å²) in [6.07, 6.45) is 4.83. The molecule has 0 spiro atoms. The summed E-state index contributed by atoms with van der Waals surface area (Å²) in [6.45, 7) is -0.685. The van der Waals surface area contributed by atoms with Crippen LogP contribution in [0, 0.1) is 23.7 Å². The van der Waals surface area contributed by atoms with Gasteiger partial charge in [0.25, 0.3) is 11.8 Å². The van der Waals surface area contributed by atoms with Crippen LogP contribution in [0.4, 0.5) is 0 Å². The summed E-state index contributed by atoms with van der Waals surface area (Å²) in [5.74, 6) is -3.75. The van der Waals surface area contributed by atoms with Crippen LogP contribution in [0.5, 0.6) is 0 Å². The number of carbonyl (C=O) groups excluding carboxylic acids is 5. The molecule has 0 radical (unpaired) electrons. The lowest BCUT2D eigenvalue weighted by Gasteiger charge is -2.26. The molecule has 1 heterocycles. The second-order valence-electron chi connectivity index (χ2n) is 9.23. The Balaban J connectivity index is 1.25. The first-order valence-corrected chi connectivity index (χ1v) is 11.8. The molecule has 4 amide bonds. The standard InChI is InChI=1S/C27H25N3O6/c31-21(28-29-24(32)17-9-5-2-6-10-17)15-36-27(35)20(13-16-7-3-1-4-8-16)30-25(33)22-18-11-12-19(14-18)23(22)26(30)34/h1-12,18-20,22-23H,13-15H2,(H,28,31)(H,29,32)/t18-,19-,20-,22-,23+/m0/s1. The van der Waals surface area contributed by atoms with Crippen molar-refractivity contribution in [3.63, 3.8) is 0 Å². The first-order chi connectivity index (χ1) is 17.4. The fourth-order valence-corrected chi connectivity index (χ4v) is 5.41. The molecular formula is C27H25N3O6. The molecule has 2 aromatic rings. The molecule has 1 aliphatic heterocycles. The number of nitrogens with one attached hydrogen (secondary N) is 2. The number of carbonyl (C=O) groups is 5. The van der Waals surface area contributed by atoms with Gasteiger partial charge in [-0.1, -0.05) is 60.7 Å². The van der Waals surface area contributed by atoms with Crippen molar-refractivity contribution < 1.29 is 28.7 Å². The predicted molar refractivity (Wildman–Crippen MR) is 127 cm³/mol. The largest absolute Gasteiger partial charge is 0.454 e. The van der Waals surface area contributed by atoms with Gasteiger partial charge in [0, 0.05) is 12.0 Å². The maximum atomic E-state index is 13.3. The summed E-state index contributed by atoms with van der Waals surface area (Å²) in [4.78, 5) is 65.1. The summed E-state index contributed by atoms with van der Waals surface area (Å²) in [5, 5.41) is 0. The SMILES string of the molecule is O=C(COC(=O)[C@H](Cc1ccccc1)N1C(=O)[C@@H]2[C@H](C1=O)[C@H]1C=C[C@H]2C1)NNC(=O)c1ccccc1. The second kappa shape index (κ2) is 9.77. The number of imide groups is 1. The Kier molecular flexibility index (Phi) is 6.37. The van der Waals surface area contributed by atoms with E-state index in [1.807, 2.05) is 18.2 Å². The van der Waals surface area contributed by atoms with Gasteiger partial charge in [-0.25, -0.2) is 4.79 Å². The first-order valence-electron chi connectivity index (χ1n) is 11.8. The zero-order valence-corrected chi connectivity index (χ0v) is 19.3. The number of rotatable bonds is 7. The molecule has 2 N–H and O–H groups in total.